The van der Waals surface area contributed by atoms with Crippen LogP contribution in [-0.2, 0) is 9.59 Å². The lowest BCUT2D eigenvalue weighted by Crippen LogP contribution is -2.36. The van der Waals surface area contributed by atoms with Crippen molar-refractivity contribution in [3.8, 4) is 0 Å². The highest BCUT2D eigenvalue weighted by Crippen LogP contribution is 2.28. The summed E-state index contributed by atoms with van der Waals surface area (Å²) in [6.07, 6.45) is 1.84. The summed E-state index contributed by atoms with van der Waals surface area (Å²) in [7, 11) is 1.77. The van der Waals surface area contributed by atoms with Crippen LogP contribution in [0.1, 0.15) is 42.2 Å². The zero-order valence-electron chi connectivity index (χ0n) is 17.0. The summed E-state index contributed by atoms with van der Waals surface area (Å²) in [5.74, 6) is -0.307. The Kier molecular flexibility index (Phi) is 7.20. The second kappa shape index (κ2) is 10.0. The third kappa shape index (κ3) is 5.45. The molecule has 2 amide bonds. The molecule has 0 spiro atoms. The number of hydrogen-bond donors (Lipinski definition) is 1. The Balaban J connectivity index is 1.88. The molecule has 1 N–H and O–H groups in total. The maximum absolute atomic E-state index is 13.3. The van der Waals surface area contributed by atoms with Crippen LogP contribution in [0.5, 0.6) is 0 Å². The van der Waals surface area contributed by atoms with Crippen molar-refractivity contribution in [2.24, 2.45) is 0 Å². The number of hydrogen-bond acceptors (Lipinski definition) is 3. The highest BCUT2D eigenvalue weighted by molar-refractivity contribution is 6.30. The Labute approximate surface area is 181 Å². The quantitative estimate of drug-likeness (QED) is 0.608. The van der Waals surface area contributed by atoms with Crippen LogP contribution in [0.2, 0.25) is 5.02 Å². The van der Waals surface area contributed by atoms with Gasteiger partial charge in [-0.2, -0.15) is 0 Å². The molecule has 0 radical (unpaired) electrons. The molecule has 3 aromatic rings. The van der Waals surface area contributed by atoms with Crippen LogP contribution in [0, 0.1) is 0 Å². The Bertz CT molecular complexity index is 939. The van der Waals surface area contributed by atoms with Gasteiger partial charge in [0.05, 0.1) is 24.2 Å². The predicted octanol–water partition coefficient (Wildman–Crippen LogP) is 4.55. The molecule has 5 nitrogen and oxygen atoms in total. The van der Waals surface area contributed by atoms with Crippen molar-refractivity contribution in [3.63, 3.8) is 0 Å². The zero-order valence-corrected chi connectivity index (χ0v) is 17.7. The molecule has 0 aliphatic rings. The summed E-state index contributed by atoms with van der Waals surface area (Å²) in [4.78, 5) is 31.2. The van der Waals surface area contributed by atoms with Crippen LogP contribution < -0.4 is 5.32 Å². The Morgan fingerprint density at radius 1 is 0.967 bits per heavy atom. The molecule has 3 rings (SSSR count). The van der Waals surface area contributed by atoms with Gasteiger partial charge in [0.15, 0.2) is 0 Å². The minimum Gasteiger partial charge on any atom is -0.349 e. The van der Waals surface area contributed by atoms with E-state index >= 15 is 0 Å². The zero-order chi connectivity index (χ0) is 21.5. The number of amides is 2. The lowest BCUT2D eigenvalue weighted by atomic mass is 9.99. The van der Waals surface area contributed by atoms with Crippen LogP contribution >= 0.6 is 11.6 Å². The largest absolute Gasteiger partial charge is 0.349 e. The van der Waals surface area contributed by atoms with Crippen molar-refractivity contribution in [3.05, 3.63) is 101 Å². The van der Waals surface area contributed by atoms with E-state index in [1.165, 1.54) is 6.92 Å². The third-order valence-electron chi connectivity index (χ3n) is 4.89. The average molecular weight is 422 g/mol. The van der Waals surface area contributed by atoms with Gasteiger partial charge in [-0.15, -0.1) is 0 Å². The van der Waals surface area contributed by atoms with Gasteiger partial charge in [0.25, 0.3) is 0 Å². The number of nitrogens with one attached hydrogen (secondary N) is 1. The molecule has 30 heavy (non-hydrogen) atoms. The van der Waals surface area contributed by atoms with Gasteiger partial charge in [0.1, 0.15) is 0 Å². The molecule has 0 aliphatic carbocycles. The maximum Gasteiger partial charge on any atom is 0.225 e. The van der Waals surface area contributed by atoms with Crippen LogP contribution in [0.15, 0.2) is 79.0 Å². The minimum atomic E-state index is -0.449. The molecule has 0 saturated heterocycles. The summed E-state index contributed by atoms with van der Waals surface area (Å²) in [5, 5.41) is 3.47. The summed E-state index contributed by atoms with van der Waals surface area (Å²) in [5.41, 5.74) is 2.57. The van der Waals surface area contributed by atoms with Gasteiger partial charge < -0.3 is 10.2 Å². The number of aromatic nitrogens is 1. The summed E-state index contributed by atoms with van der Waals surface area (Å²) in [6.45, 7) is 1.44. The van der Waals surface area contributed by atoms with Gasteiger partial charge in [0.2, 0.25) is 11.8 Å². The smallest absolute Gasteiger partial charge is 0.225 e. The second-order valence-electron chi connectivity index (χ2n) is 7.08. The second-order valence-corrected chi connectivity index (χ2v) is 7.52. The average Bonchev–Trinajstić information content (AvgIpc) is 2.75. The molecule has 0 bridgehead atoms. The van der Waals surface area contributed by atoms with Crippen molar-refractivity contribution in [1.82, 2.24) is 15.2 Å². The van der Waals surface area contributed by atoms with Crippen molar-refractivity contribution < 1.29 is 9.59 Å². The first kappa shape index (κ1) is 21.5. The number of carbonyl (C=O) groups excluding carboxylic acids is 2. The van der Waals surface area contributed by atoms with Crippen molar-refractivity contribution in [2.45, 2.75) is 25.4 Å². The fraction of sp³-hybridized carbons (Fsp3) is 0.208. The maximum atomic E-state index is 13.3. The first-order valence-electron chi connectivity index (χ1n) is 9.70. The lowest BCUT2D eigenvalue weighted by molar-refractivity contribution is -0.132. The minimum absolute atomic E-state index is 0.108. The molecule has 0 saturated carbocycles. The molecule has 1 aromatic heterocycles. The fourth-order valence-corrected chi connectivity index (χ4v) is 3.55. The molecular formula is C24H24ClN3O2. The number of benzene rings is 2. The molecule has 0 fully saturated rings. The van der Waals surface area contributed by atoms with E-state index in [1.807, 2.05) is 60.7 Å². The van der Waals surface area contributed by atoms with E-state index in [0.717, 1.165) is 16.8 Å². The van der Waals surface area contributed by atoms with E-state index in [2.05, 4.69) is 10.3 Å². The molecule has 6 heteroatoms. The summed E-state index contributed by atoms with van der Waals surface area (Å²) >= 11 is 5.99. The van der Waals surface area contributed by atoms with Crippen molar-refractivity contribution in [1.29, 1.82) is 0 Å². The lowest BCUT2D eigenvalue weighted by Gasteiger charge is -2.30. The summed E-state index contributed by atoms with van der Waals surface area (Å²) < 4.78 is 0. The molecule has 0 aliphatic heterocycles. The normalized spacial score (nSPS) is 12.6. The van der Waals surface area contributed by atoms with Gasteiger partial charge in [-0.05, 0) is 35.4 Å². The molecule has 1 heterocycles. The topological polar surface area (TPSA) is 62.3 Å². The van der Waals surface area contributed by atoms with E-state index in [-0.39, 0.29) is 24.3 Å². The van der Waals surface area contributed by atoms with Crippen LogP contribution in [0.25, 0.3) is 0 Å². The molecule has 2 aromatic carbocycles. The van der Waals surface area contributed by atoms with E-state index in [9.17, 15) is 9.59 Å². The molecule has 2 atom stereocenters. The van der Waals surface area contributed by atoms with E-state index in [4.69, 9.17) is 11.6 Å². The van der Waals surface area contributed by atoms with Crippen LogP contribution in [0.3, 0.4) is 0 Å². The first-order chi connectivity index (χ1) is 14.5. The Hall–Kier alpha value is -3.18. The monoisotopic (exact) mass is 421 g/mol. The molecule has 154 valence electrons. The Morgan fingerprint density at radius 3 is 2.23 bits per heavy atom. The number of rotatable bonds is 7. The van der Waals surface area contributed by atoms with Gasteiger partial charge in [-0.3, -0.25) is 14.6 Å². The predicted molar refractivity (Wildman–Crippen MR) is 118 cm³/mol. The number of pyridine rings is 1. The van der Waals surface area contributed by atoms with Gasteiger partial charge >= 0.3 is 0 Å². The van der Waals surface area contributed by atoms with E-state index < -0.39 is 6.04 Å². The number of carbonyl (C=O) groups is 2. The van der Waals surface area contributed by atoms with Crippen molar-refractivity contribution >= 4 is 23.4 Å². The summed E-state index contributed by atoms with van der Waals surface area (Å²) in [6, 6.07) is 21.8. The van der Waals surface area contributed by atoms with Gasteiger partial charge in [-0.25, -0.2) is 0 Å². The standard InChI is InChI=1S/C24H24ClN3O2/c1-17(29)27-22(18-11-13-20(25)14-12-18)16-23(30)28(2)24(19-8-4-3-5-9-19)21-10-6-7-15-26-21/h3-15,22,24H,16H2,1-2H3,(H,27,29). The highest BCUT2D eigenvalue weighted by atomic mass is 35.5. The SMILES string of the molecule is CC(=O)NC(CC(=O)N(C)C(c1ccccc1)c1ccccn1)c1ccc(Cl)cc1. The van der Waals surface area contributed by atoms with Crippen LogP contribution in [0.4, 0.5) is 0 Å². The number of halogens is 1. The third-order valence-corrected chi connectivity index (χ3v) is 5.14. The van der Waals surface area contributed by atoms with E-state index in [1.54, 1.807) is 30.3 Å². The fourth-order valence-electron chi connectivity index (χ4n) is 3.42. The van der Waals surface area contributed by atoms with Crippen LogP contribution in [-0.4, -0.2) is 28.7 Å². The first-order valence-corrected chi connectivity index (χ1v) is 10.1. The van der Waals surface area contributed by atoms with Gasteiger partial charge in [-0.1, -0.05) is 60.1 Å². The van der Waals surface area contributed by atoms with Gasteiger partial charge in [0, 0.05) is 25.2 Å². The Morgan fingerprint density at radius 2 is 1.63 bits per heavy atom. The highest BCUT2D eigenvalue weighted by Gasteiger charge is 2.27. The van der Waals surface area contributed by atoms with Crippen molar-refractivity contribution in [2.75, 3.05) is 7.05 Å². The molecule has 2 unspecified atom stereocenters. The number of nitrogens with zero attached hydrogens (tertiary/aromatic N) is 2. The molecular weight excluding hydrogens is 398 g/mol. The van der Waals surface area contributed by atoms with E-state index in [0.29, 0.717) is 5.02 Å².